The average molecular weight is 395 g/mol. The minimum absolute atomic E-state index is 0.287. The molecule has 0 spiro atoms. The van der Waals surface area contributed by atoms with Crippen LogP contribution in [0.15, 0.2) is 30.3 Å². The molecule has 1 aromatic carbocycles. The van der Waals surface area contributed by atoms with Crippen LogP contribution < -0.4 is 0 Å². The van der Waals surface area contributed by atoms with Crippen LogP contribution >= 0.6 is 0 Å². The molecule has 0 aromatic heterocycles. The SMILES string of the molecule is CCCCCCCCC(CC)C(OCCOC)(OCCOC)c1ccccc1. The topological polar surface area (TPSA) is 36.9 Å². The zero-order valence-corrected chi connectivity index (χ0v) is 18.6. The van der Waals surface area contributed by atoms with Gasteiger partial charge in [-0.1, -0.05) is 82.7 Å². The van der Waals surface area contributed by atoms with Crippen LogP contribution in [0.1, 0.15) is 70.8 Å². The fourth-order valence-corrected chi connectivity index (χ4v) is 3.74. The number of benzene rings is 1. The lowest BCUT2D eigenvalue weighted by molar-refractivity contribution is -0.285. The van der Waals surface area contributed by atoms with Gasteiger partial charge in [0.05, 0.1) is 26.4 Å². The Kier molecular flexibility index (Phi) is 14.3. The Balaban J connectivity index is 2.94. The number of hydrogen-bond donors (Lipinski definition) is 0. The molecule has 4 nitrogen and oxygen atoms in total. The molecule has 1 aromatic rings. The van der Waals surface area contributed by atoms with Gasteiger partial charge in [-0.25, -0.2) is 0 Å². The van der Waals surface area contributed by atoms with E-state index in [1.54, 1.807) is 14.2 Å². The van der Waals surface area contributed by atoms with Crippen LogP contribution in [0.5, 0.6) is 0 Å². The van der Waals surface area contributed by atoms with E-state index in [2.05, 4.69) is 38.1 Å². The highest BCUT2D eigenvalue weighted by atomic mass is 16.7. The van der Waals surface area contributed by atoms with E-state index in [1.165, 1.54) is 38.5 Å². The van der Waals surface area contributed by atoms with Gasteiger partial charge in [0.1, 0.15) is 0 Å². The van der Waals surface area contributed by atoms with Crippen molar-refractivity contribution in [3.63, 3.8) is 0 Å². The van der Waals surface area contributed by atoms with Crippen molar-refractivity contribution in [2.45, 2.75) is 71.0 Å². The highest BCUT2D eigenvalue weighted by Crippen LogP contribution is 2.40. The summed E-state index contributed by atoms with van der Waals surface area (Å²) in [7, 11) is 3.40. The molecule has 0 fully saturated rings. The third-order valence-electron chi connectivity index (χ3n) is 5.32. The minimum atomic E-state index is -0.753. The van der Waals surface area contributed by atoms with E-state index in [0.29, 0.717) is 26.4 Å². The molecule has 1 unspecified atom stereocenters. The second-order valence-electron chi connectivity index (χ2n) is 7.38. The highest BCUT2D eigenvalue weighted by molar-refractivity contribution is 5.21. The molecule has 0 saturated heterocycles. The Morgan fingerprint density at radius 2 is 1.32 bits per heavy atom. The van der Waals surface area contributed by atoms with Gasteiger partial charge in [-0.3, -0.25) is 0 Å². The molecule has 0 heterocycles. The molecule has 0 bridgehead atoms. The van der Waals surface area contributed by atoms with Crippen LogP contribution in [-0.2, 0) is 24.7 Å². The van der Waals surface area contributed by atoms with Crippen LogP contribution in [-0.4, -0.2) is 40.6 Å². The maximum absolute atomic E-state index is 6.45. The quantitative estimate of drug-likeness (QED) is 0.228. The number of ether oxygens (including phenoxy) is 4. The van der Waals surface area contributed by atoms with Crippen molar-refractivity contribution < 1.29 is 18.9 Å². The molecule has 0 N–H and O–H groups in total. The molecule has 162 valence electrons. The first-order valence-corrected chi connectivity index (χ1v) is 11.1. The average Bonchev–Trinajstić information content (AvgIpc) is 2.73. The molecule has 0 radical (unpaired) electrons. The third kappa shape index (κ3) is 8.60. The molecule has 0 aliphatic carbocycles. The number of unbranched alkanes of at least 4 members (excludes halogenated alkanes) is 5. The molecule has 0 aliphatic rings. The summed E-state index contributed by atoms with van der Waals surface area (Å²) in [6.45, 7) is 6.61. The Labute approximate surface area is 172 Å². The van der Waals surface area contributed by atoms with Crippen LogP contribution in [0.2, 0.25) is 0 Å². The van der Waals surface area contributed by atoms with Crippen molar-refractivity contribution >= 4 is 0 Å². The zero-order valence-electron chi connectivity index (χ0n) is 18.6. The predicted molar refractivity (Wildman–Crippen MR) is 116 cm³/mol. The first kappa shape index (κ1) is 25.1. The van der Waals surface area contributed by atoms with Crippen LogP contribution in [0.4, 0.5) is 0 Å². The van der Waals surface area contributed by atoms with Gasteiger partial charge in [0.15, 0.2) is 5.79 Å². The lowest BCUT2D eigenvalue weighted by atomic mass is 9.85. The zero-order chi connectivity index (χ0) is 20.5. The van der Waals surface area contributed by atoms with Gasteiger partial charge in [-0.15, -0.1) is 0 Å². The van der Waals surface area contributed by atoms with Gasteiger partial charge in [-0.05, 0) is 12.8 Å². The molecular formula is C24H42O4. The number of rotatable bonds is 18. The van der Waals surface area contributed by atoms with E-state index >= 15 is 0 Å². The molecule has 4 heteroatoms. The van der Waals surface area contributed by atoms with Crippen molar-refractivity contribution in [1.82, 2.24) is 0 Å². The largest absolute Gasteiger partial charge is 0.382 e. The lowest BCUT2D eigenvalue weighted by Crippen LogP contribution is -2.42. The monoisotopic (exact) mass is 394 g/mol. The summed E-state index contributed by atoms with van der Waals surface area (Å²) in [4.78, 5) is 0. The molecule has 0 saturated carbocycles. The normalized spacial score (nSPS) is 13.0. The standard InChI is InChI=1S/C24H42O4/c1-5-7-8-9-10-12-15-22(6-2)24(27-20-18-25-3,28-21-19-26-4)23-16-13-11-14-17-23/h11,13-14,16-17,22H,5-10,12,15,18-21H2,1-4H3. The predicted octanol–water partition coefficient (Wildman–Crippen LogP) is 5.94. The Morgan fingerprint density at radius 1 is 0.750 bits per heavy atom. The Hall–Kier alpha value is -0.940. The maximum Gasteiger partial charge on any atom is 0.197 e. The number of methoxy groups -OCH3 is 2. The van der Waals surface area contributed by atoms with E-state index in [1.807, 2.05) is 6.07 Å². The van der Waals surface area contributed by atoms with Gasteiger partial charge in [0.2, 0.25) is 0 Å². The second-order valence-corrected chi connectivity index (χ2v) is 7.38. The first-order valence-electron chi connectivity index (χ1n) is 11.1. The van der Waals surface area contributed by atoms with E-state index in [9.17, 15) is 0 Å². The van der Waals surface area contributed by atoms with Crippen LogP contribution in [0, 0.1) is 5.92 Å². The lowest BCUT2D eigenvalue weighted by Gasteiger charge is -2.41. The minimum Gasteiger partial charge on any atom is -0.382 e. The van der Waals surface area contributed by atoms with Crippen molar-refractivity contribution in [2.24, 2.45) is 5.92 Å². The Bertz CT molecular complexity index is 453. The van der Waals surface area contributed by atoms with Crippen LogP contribution in [0.3, 0.4) is 0 Å². The van der Waals surface area contributed by atoms with Crippen molar-refractivity contribution in [3.05, 3.63) is 35.9 Å². The summed E-state index contributed by atoms with van der Waals surface area (Å²) in [5.41, 5.74) is 1.08. The van der Waals surface area contributed by atoms with E-state index in [4.69, 9.17) is 18.9 Å². The summed E-state index contributed by atoms with van der Waals surface area (Å²) < 4.78 is 23.4. The van der Waals surface area contributed by atoms with Gasteiger partial charge in [-0.2, -0.15) is 0 Å². The van der Waals surface area contributed by atoms with Crippen molar-refractivity contribution in [3.8, 4) is 0 Å². The molecule has 28 heavy (non-hydrogen) atoms. The smallest absolute Gasteiger partial charge is 0.197 e. The van der Waals surface area contributed by atoms with Gasteiger partial charge in [0.25, 0.3) is 0 Å². The third-order valence-corrected chi connectivity index (χ3v) is 5.32. The van der Waals surface area contributed by atoms with Crippen molar-refractivity contribution in [1.29, 1.82) is 0 Å². The van der Waals surface area contributed by atoms with E-state index < -0.39 is 5.79 Å². The fourth-order valence-electron chi connectivity index (χ4n) is 3.74. The van der Waals surface area contributed by atoms with E-state index in [0.717, 1.165) is 18.4 Å². The maximum atomic E-state index is 6.45. The summed E-state index contributed by atoms with van der Waals surface area (Å²) >= 11 is 0. The van der Waals surface area contributed by atoms with Crippen molar-refractivity contribution in [2.75, 3.05) is 40.6 Å². The highest BCUT2D eigenvalue weighted by Gasteiger charge is 2.41. The molecule has 1 rings (SSSR count). The summed E-state index contributed by atoms with van der Waals surface area (Å²) in [6, 6.07) is 10.4. The molecule has 0 amide bonds. The Morgan fingerprint density at radius 3 is 1.86 bits per heavy atom. The molecular weight excluding hydrogens is 352 g/mol. The van der Waals surface area contributed by atoms with Gasteiger partial charge >= 0.3 is 0 Å². The summed E-state index contributed by atoms with van der Waals surface area (Å²) in [5, 5.41) is 0. The fraction of sp³-hybridized carbons (Fsp3) is 0.750. The van der Waals surface area contributed by atoms with Crippen LogP contribution in [0.25, 0.3) is 0 Å². The summed E-state index contributed by atoms with van der Waals surface area (Å²) in [6.07, 6.45) is 9.86. The molecule has 1 atom stereocenters. The second kappa shape index (κ2) is 15.9. The first-order chi connectivity index (χ1) is 13.7. The van der Waals surface area contributed by atoms with E-state index in [-0.39, 0.29) is 5.92 Å². The van der Waals surface area contributed by atoms with Gasteiger partial charge < -0.3 is 18.9 Å². The van der Waals surface area contributed by atoms with Gasteiger partial charge in [0, 0.05) is 25.7 Å². The number of hydrogen-bond acceptors (Lipinski definition) is 4. The summed E-state index contributed by atoms with van der Waals surface area (Å²) in [5.74, 6) is -0.467. The molecule has 0 aliphatic heterocycles.